The molecule has 0 radical (unpaired) electrons. The molecular weight excluding hydrogens is 442 g/mol. The lowest BCUT2D eigenvalue weighted by atomic mass is 9.61. The molecule has 1 saturated heterocycles. The number of carboxylic acids is 1. The van der Waals surface area contributed by atoms with Crippen molar-refractivity contribution < 1.29 is 28.9 Å². The van der Waals surface area contributed by atoms with Crippen LogP contribution in [-0.2, 0) is 19.7 Å². The van der Waals surface area contributed by atoms with Gasteiger partial charge in [-0.2, -0.15) is 5.26 Å². The predicted octanol–water partition coefficient (Wildman–Crippen LogP) is 0.600. The van der Waals surface area contributed by atoms with Crippen LogP contribution in [0.5, 0.6) is 11.5 Å². The topological polar surface area (TPSA) is 159 Å². The Bertz CT molecular complexity index is 1320. The van der Waals surface area contributed by atoms with Crippen molar-refractivity contribution in [2.45, 2.75) is 17.7 Å². The summed E-state index contributed by atoms with van der Waals surface area (Å²) in [5.41, 5.74) is 12.5. The third-order valence-electron chi connectivity index (χ3n) is 6.82. The summed E-state index contributed by atoms with van der Waals surface area (Å²) in [4.78, 5) is 27.0. The van der Waals surface area contributed by atoms with Crippen molar-refractivity contribution in [2.24, 2.45) is 11.7 Å². The number of rotatable bonds is 3. The van der Waals surface area contributed by atoms with Gasteiger partial charge < -0.3 is 25.1 Å². The van der Waals surface area contributed by atoms with Crippen molar-refractivity contribution in [3.8, 4) is 17.6 Å². The Labute approximate surface area is 193 Å². The average Bonchev–Trinajstić information content (AvgIpc) is 3.52. The zero-order valence-corrected chi connectivity index (χ0v) is 17.6. The quantitative estimate of drug-likeness (QED) is 0.510. The first-order valence-electron chi connectivity index (χ1n) is 10.6. The number of ether oxygens (including phenoxy) is 3. The molecule has 4 aliphatic heterocycles. The number of hydrazine groups is 1. The molecule has 6 rings (SSSR count). The second-order valence-corrected chi connectivity index (χ2v) is 8.40. The third kappa shape index (κ3) is 2.52. The Morgan fingerprint density at radius 3 is 2.82 bits per heavy atom. The highest BCUT2D eigenvalue weighted by atomic mass is 16.7. The Hall–Kier alpha value is -4.27. The lowest BCUT2D eigenvalue weighted by molar-refractivity contribution is -0.137. The molecule has 0 aromatic heterocycles. The molecule has 4 heterocycles. The van der Waals surface area contributed by atoms with Crippen LogP contribution < -0.4 is 31.0 Å². The summed E-state index contributed by atoms with van der Waals surface area (Å²) < 4.78 is 16.8. The van der Waals surface area contributed by atoms with E-state index in [0.717, 1.165) is 5.56 Å². The molecule has 11 heteroatoms. The summed E-state index contributed by atoms with van der Waals surface area (Å²) in [6, 6.07) is 13.9. The summed E-state index contributed by atoms with van der Waals surface area (Å²) in [7, 11) is 0. The number of hydrogen-bond donors (Lipinski definition) is 4. The number of fused-ring (bicyclic) bond motifs is 5. The van der Waals surface area contributed by atoms with Gasteiger partial charge in [-0.15, -0.1) is 0 Å². The zero-order valence-electron chi connectivity index (χ0n) is 17.6. The van der Waals surface area contributed by atoms with E-state index in [-0.39, 0.29) is 18.2 Å². The largest absolute Gasteiger partial charge is 0.480 e. The van der Waals surface area contributed by atoms with Gasteiger partial charge in [0, 0.05) is 5.69 Å². The highest BCUT2D eigenvalue weighted by Gasteiger charge is 2.67. The molecule has 11 nitrogen and oxygen atoms in total. The van der Waals surface area contributed by atoms with Crippen LogP contribution in [0.15, 0.2) is 53.9 Å². The first kappa shape index (κ1) is 20.3. The van der Waals surface area contributed by atoms with Crippen LogP contribution in [-0.4, -0.2) is 36.5 Å². The van der Waals surface area contributed by atoms with Crippen molar-refractivity contribution in [3.05, 3.63) is 65.0 Å². The monoisotopic (exact) mass is 461 g/mol. The van der Waals surface area contributed by atoms with Crippen molar-refractivity contribution in [1.29, 1.82) is 5.26 Å². The number of anilines is 1. The van der Waals surface area contributed by atoms with Gasteiger partial charge in [-0.1, -0.05) is 24.3 Å². The third-order valence-corrected chi connectivity index (χ3v) is 6.82. The number of carboxylic acid groups (broad SMARTS) is 1. The number of nitrogens with zero attached hydrogens (tertiary/aromatic N) is 2. The molecule has 1 spiro atoms. The van der Waals surface area contributed by atoms with E-state index in [1.165, 1.54) is 4.90 Å². The van der Waals surface area contributed by atoms with Crippen molar-refractivity contribution in [1.82, 2.24) is 10.9 Å². The number of benzene rings is 2. The number of nitriles is 1. The average molecular weight is 461 g/mol. The molecule has 4 unspecified atom stereocenters. The standard InChI is InChI=1S/C23H19N5O6/c24-8-13-20(25)34-21-18(19(26-27-21)11-5-6-15-16(7-11)33-10-32-15)23(13)12-3-1-2-4-14(12)28(22(23)31)9-17(29)30/h1-7,18-19,21,26-27H,9-10,25H2,(H,29,30). The number of nitrogens with two attached hydrogens (primary N) is 1. The van der Waals surface area contributed by atoms with Gasteiger partial charge in [0.1, 0.15) is 23.6 Å². The lowest BCUT2D eigenvalue weighted by Gasteiger charge is -2.42. The summed E-state index contributed by atoms with van der Waals surface area (Å²) in [5.74, 6) is -1.39. The van der Waals surface area contributed by atoms with Crippen LogP contribution in [0.4, 0.5) is 5.69 Å². The molecule has 0 bridgehead atoms. The Balaban J connectivity index is 1.58. The van der Waals surface area contributed by atoms with Crippen LogP contribution in [0.1, 0.15) is 17.2 Å². The van der Waals surface area contributed by atoms with Crippen molar-refractivity contribution in [3.63, 3.8) is 0 Å². The Morgan fingerprint density at radius 2 is 2.03 bits per heavy atom. The fourth-order valence-corrected chi connectivity index (χ4v) is 5.54. The van der Waals surface area contributed by atoms with Gasteiger partial charge in [0.25, 0.3) is 0 Å². The van der Waals surface area contributed by atoms with Gasteiger partial charge in [-0.3, -0.25) is 14.5 Å². The Morgan fingerprint density at radius 1 is 1.24 bits per heavy atom. The number of nitrogens with one attached hydrogen (secondary N) is 2. The lowest BCUT2D eigenvalue weighted by Crippen LogP contribution is -2.56. The minimum atomic E-state index is -1.56. The molecule has 1 amide bonds. The predicted molar refractivity (Wildman–Crippen MR) is 115 cm³/mol. The molecule has 2 aromatic rings. The minimum Gasteiger partial charge on any atom is -0.480 e. The number of amides is 1. The van der Waals surface area contributed by atoms with E-state index in [2.05, 4.69) is 16.9 Å². The van der Waals surface area contributed by atoms with Gasteiger partial charge in [0.2, 0.25) is 18.6 Å². The first-order chi connectivity index (χ1) is 16.5. The van der Waals surface area contributed by atoms with Crippen LogP contribution in [0.2, 0.25) is 0 Å². The van der Waals surface area contributed by atoms with E-state index in [4.69, 9.17) is 19.9 Å². The highest BCUT2D eigenvalue weighted by molar-refractivity contribution is 6.13. The summed E-state index contributed by atoms with van der Waals surface area (Å²) in [5, 5.41) is 19.7. The molecule has 0 saturated carbocycles. The van der Waals surface area contributed by atoms with E-state index in [0.29, 0.717) is 22.7 Å². The molecule has 34 heavy (non-hydrogen) atoms. The van der Waals surface area contributed by atoms with Crippen LogP contribution in [0, 0.1) is 17.2 Å². The fraction of sp³-hybridized carbons (Fsp3) is 0.261. The van der Waals surface area contributed by atoms with Gasteiger partial charge >= 0.3 is 5.97 Å². The van der Waals surface area contributed by atoms with Crippen molar-refractivity contribution in [2.75, 3.05) is 18.2 Å². The summed E-state index contributed by atoms with van der Waals surface area (Å²) in [6.07, 6.45) is -0.769. The second kappa shape index (κ2) is 7.11. The van der Waals surface area contributed by atoms with Gasteiger partial charge in [-0.25, -0.2) is 10.9 Å². The van der Waals surface area contributed by atoms with E-state index >= 15 is 0 Å². The normalized spacial score (nSPS) is 28.5. The van der Waals surface area contributed by atoms with Crippen molar-refractivity contribution >= 4 is 17.6 Å². The first-order valence-corrected chi connectivity index (χ1v) is 10.6. The summed E-state index contributed by atoms with van der Waals surface area (Å²) in [6.45, 7) is -0.438. The smallest absolute Gasteiger partial charge is 0.323 e. The van der Waals surface area contributed by atoms with Crippen LogP contribution >= 0.6 is 0 Å². The minimum absolute atomic E-state index is 0.0460. The molecule has 5 N–H and O–H groups in total. The summed E-state index contributed by atoms with van der Waals surface area (Å²) >= 11 is 0. The zero-order chi connectivity index (χ0) is 23.6. The fourth-order valence-electron chi connectivity index (χ4n) is 5.54. The maximum Gasteiger partial charge on any atom is 0.323 e. The number of aliphatic carboxylic acids is 1. The molecule has 1 fully saturated rings. The maximum atomic E-state index is 14.2. The van der Waals surface area contributed by atoms with E-state index < -0.39 is 42.0 Å². The second-order valence-electron chi connectivity index (χ2n) is 8.40. The highest BCUT2D eigenvalue weighted by Crippen LogP contribution is 2.58. The molecule has 4 atom stereocenters. The van der Waals surface area contributed by atoms with Gasteiger partial charge in [0.05, 0.1) is 12.0 Å². The van der Waals surface area contributed by atoms with Gasteiger partial charge in [-0.05, 0) is 29.3 Å². The number of hydrogen-bond acceptors (Lipinski definition) is 9. The van der Waals surface area contributed by atoms with Crippen LogP contribution in [0.3, 0.4) is 0 Å². The Kier molecular flexibility index (Phi) is 4.26. The molecule has 0 aliphatic carbocycles. The molecule has 2 aromatic carbocycles. The van der Waals surface area contributed by atoms with E-state index in [9.17, 15) is 20.0 Å². The molecule has 172 valence electrons. The van der Waals surface area contributed by atoms with E-state index in [1.807, 2.05) is 12.1 Å². The van der Waals surface area contributed by atoms with E-state index in [1.54, 1.807) is 30.3 Å². The molecule has 4 aliphatic rings. The van der Waals surface area contributed by atoms with Crippen LogP contribution in [0.25, 0.3) is 0 Å². The number of carbonyl (C=O) groups excluding carboxylic acids is 1. The maximum absolute atomic E-state index is 14.2. The SMILES string of the molecule is N#CC1=C(N)OC2NNC(c3ccc4c(c3)OCO4)C2C12C(=O)N(CC(=O)O)c1ccccc12. The number of carbonyl (C=O) groups is 2. The molecular formula is C23H19N5O6. The number of para-hydroxylation sites is 1. The van der Waals surface area contributed by atoms with Gasteiger partial charge in [0.15, 0.2) is 17.7 Å².